The van der Waals surface area contributed by atoms with Crippen LogP contribution in [0.5, 0.6) is 11.5 Å². The number of benzene rings is 2. The number of fused-ring (bicyclic) bond motifs is 1. The summed E-state index contributed by atoms with van der Waals surface area (Å²) in [6, 6.07) is 15.9. The van der Waals surface area contributed by atoms with Gasteiger partial charge in [-0.05, 0) is 48.6 Å². The van der Waals surface area contributed by atoms with Gasteiger partial charge in [0.25, 0.3) is 0 Å². The van der Waals surface area contributed by atoms with Gasteiger partial charge < -0.3 is 29.8 Å². The largest absolute Gasteiger partial charge is 0.497 e. The summed E-state index contributed by atoms with van der Waals surface area (Å²) in [4.78, 5) is 4.54. The van der Waals surface area contributed by atoms with Crippen LogP contribution in [0, 0.1) is 0 Å². The summed E-state index contributed by atoms with van der Waals surface area (Å²) in [5, 5.41) is 18.4. The maximum atomic E-state index is 10.6. The summed E-state index contributed by atoms with van der Waals surface area (Å²) in [5.74, 6) is 1.97. The first-order valence-corrected chi connectivity index (χ1v) is 10.6. The molecule has 7 heteroatoms. The number of ether oxygens (including phenoxy) is 2. The lowest BCUT2D eigenvalue weighted by Gasteiger charge is -2.15. The molecule has 1 heterocycles. The van der Waals surface area contributed by atoms with Crippen LogP contribution >= 0.6 is 0 Å². The van der Waals surface area contributed by atoms with Crippen molar-refractivity contribution in [3.8, 4) is 11.5 Å². The van der Waals surface area contributed by atoms with Crippen LogP contribution in [-0.2, 0) is 6.54 Å². The van der Waals surface area contributed by atoms with E-state index in [1.165, 1.54) is 10.9 Å². The highest BCUT2D eigenvalue weighted by Gasteiger charge is 2.11. The second-order valence-electron chi connectivity index (χ2n) is 7.23. The number of hydrogen-bond donors (Lipinski definition) is 3. The number of nitrogens with one attached hydrogen (secondary N) is 2. The predicted octanol–water partition coefficient (Wildman–Crippen LogP) is 3.34. The molecular weight excluding hydrogens is 392 g/mol. The van der Waals surface area contributed by atoms with Crippen LogP contribution in [0.3, 0.4) is 0 Å². The number of hydrogen-bond acceptors (Lipinski definition) is 4. The van der Waals surface area contributed by atoms with Gasteiger partial charge in [-0.25, -0.2) is 0 Å². The molecule has 3 aromatic rings. The molecule has 1 unspecified atom stereocenters. The zero-order chi connectivity index (χ0) is 22.1. The summed E-state index contributed by atoms with van der Waals surface area (Å²) in [6.07, 6.45) is 2.33. The third-order valence-corrected chi connectivity index (χ3v) is 5.07. The minimum atomic E-state index is -0.759. The Bertz CT molecular complexity index is 977. The van der Waals surface area contributed by atoms with Crippen molar-refractivity contribution in [3.05, 3.63) is 60.3 Å². The zero-order valence-electron chi connectivity index (χ0n) is 18.5. The van der Waals surface area contributed by atoms with E-state index in [-0.39, 0.29) is 6.54 Å². The van der Waals surface area contributed by atoms with Crippen LogP contribution in [-0.4, -0.2) is 49.5 Å². The first-order chi connectivity index (χ1) is 15.1. The van der Waals surface area contributed by atoms with E-state index in [1.54, 1.807) is 32.4 Å². The van der Waals surface area contributed by atoms with Crippen molar-refractivity contribution in [1.82, 2.24) is 15.2 Å². The quantitative estimate of drug-likeness (QED) is 0.264. The smallest absolute Gasteiger partial charge is 0.191 e. The highest BCUT2D eigenvalue weighted by atomic mass is 16.5. The molecule has 1 aromatic heterocycles. The standard InChI is InChI=1S/C24H32N4O3/c1-4-25-24(26-11-7-12-28-13-10-18-8-5-6-9-22(18)28)27-17-23(29)19-14-20(30-2)16-21(15-19)31-3/h5-6,8-10,13-16,23,29H,4,7,11-12,17H2,1-3H3,(H2,25,26,27). The molecule has 7 nitrogen and oxygen atoms in total. The Balaban J connectivity index is 1.54. The molecule has 0 saturated carbocycles. The molecule has 0 amide bonds. The molecule has 3 N–H and O–H groups in total. The SMILES string of the molecule is CCNC(=NCC(O)c1cc(OC)cc(OC)c1)NCCCn1ccc2ccccc21. The van der Waals surface area contributed by atoms with Crippen molar-refractivity contribution >= 4 is 16.9 Å². The summed E-state index contributed by atoms with van der Waals surface area (Å²) < 4.78 is 12.8. The van der Waals surface area contributed by atoms with Crippen molar-refractivity contribution in [3.63, 3.8) is 0 Å². The topological polar surface area (TPSA) is 80.0 Å². The number of aliphatic hydroxyl groups is 1. The van der Waals surface area contributed by atoms with Gasteiger partial charge in [0.1, 0.15) is 11.5 Å². The van der Waals surface area contributed by atoms with Crippen LogP contribution in [0.2, 0.25) is 0 Å². The Labute approximate surface area is 183 Å². The number of aryl methyl sites for hydroxylation is 1. The molecular formula is C24H32N4O3. The second kappa shape index (κ2) is 11.3. The number of nitrogens with zero attached hydrogens (tertiary/aromatic N) is 2. The monoisotopic (exact) mass is 424 g/mol. The molecule has 0 spiro atoms. The lowest BCUT2D eigenvalue weighted by atomic mass is 10.1. The highest BCUT2D eigenvalue weighted by Crippen LogP contribution is 2.26. The summed E-state index contributed by atoms with van der Waals surface area (Å²) in [7, 11) is 3.18. The summed E-state index contributed by atoms with van der Waals surface area (Å²) in [6.45, 7) is 4.70. The molecule has 3 rings (SSSR count). The van der Waals surface area contributed by atoms with Gasteiger partial charge in [-0.1, -0.05) is 18.2 Å². The van der Waals surface area contributed by atoms with Crippen molar-refractivity contribution in [2.45, 2.75) is 26.0 Å². The number of aliphatic hydroxyl groups excluding tert-OH is 1. The van der Waals surface area contributed by atoms with E-state index < -0.39 is 6.10 Å². The van der Waals surface area contributed by atoms with E-state index in [2.05, 4.69) is 56.7 Å². The van der Waals surface area contributed by atoms with Crippen LogP contribution in [0.25, 0.3) is 10.9 Å². The Hall–Kier alpha value is -3.19. The molecule has 0 saturated heterocycles. The molecule has 0 radical (unpaired) electrons. The van der Waals surface area contributed by atoms with Crippen molar-refractivity contribution in [1.29, 1.82) is 0 Å². The number of guanidine groups is 1. The lowest BCUT2D eigenvalue weighted by molar-refractivity contribution is 0.186. The van der Waals surface area contributed by atoms with Gasteiger partial charge in [-0.15, -0.1) is 0 Å². The predicted molar refractivity (Wildman–Crippen MR) is 125 cm³/mol. The fourth-order valence-corrected chi connectivity index (χ4v) is 3.44. The minimum Gasteiger partial charge on any atom is -0.497 e. The molecule has 0 aliphatic heterocycles. The van der Waals surface area contributed by atoms with Crippen LogP contribution < -0.4 is 20.1 Å². The zero-order valence-corrected chi connectivity index (χ0v) is 18.5. The van der Waals surface area contributed by atoms with E-state index >= 15 is 0 Å². The van der Waals surface area contributed by atoms with E-state index in [1.807, 2.05) is 6.92 Å². The van der Waals surface area contributed by atoms with Crippen molar-refractivity contribution in [2.75, 3.05) is 33.9 Å². The van der Waals surface area contributed by atoms with Crippen LogP contribution in [0.1, 0.15) is 25.0 Å². The van der Waals surface area contributed by atoms with Crippen LogP contribution in [0.15, 0.2) is 59.7 Å². The van der Waals surface area contributed by atoms with E-state index in [9.17, 15) is 5.11 Å². The van der Waals surface area contributed by atoms with Crippen LogP contribution in [0.4, 0.5) is 0 Å². The second-order valence-corrected chi connectivity index (χ2v) is 7.23. The third kappa shape index (κ3) is 6.15. The van der Waals surface area contributed by atoms with Gasteiger partial charge in [-0.3, -0.25) is 4.99 Å². The van der Waals surface area contributed by atoms with Gasteiger partial charge in [0.15, 0.2) is 5.96 Å². The minimum absolute atomic E-state index is 0.230. The average molecular weight is 425 g/mol. The number of methoxy groups -OCH3 is 2. The molecule has 31 heavy (non-hydrogen) atoms. The highest BCUT2D eigenvalue weighted by molar-refractivity contribution is 5.80. The molecule has 2 aromatic carbocycles. The van der Waals surface area contributed by atoms with E-state index in [4.69, 9.17) is 9.47 Å². The molecule has 0 bridgehead atoms. The maximum Gasteiger partial charge on any atom is 0.191 e. The van der Waals surface area contributed by atoms with Gasteiger partial charge in [0.2, 0.25) is 0 Å². The Kier molecular flexibility index (Phi) is 8.18. The first-order valence-electron chi connectivity index (χ1n) is 10.6. The van der Waals surface area contributed by atoms with Gasteiger partial charge in [-0.2, -0.15) is 0 Å². The fourth-order valence-electron chi connectivity index (χ4n) is 3.44. The van der Waals surface area contributed by atoms with Gasteiger partial charge >= 0.3 is 0 Å². The van der Waals surface area contributed by atoms with E-state index in [0.29, 0.717) is 23.0 Å². The van der Waals surface area contributed by atoms with Crippen molar-refractivity contribution in [2.24, 2.45) is 4.99 Å². The Morgan fingerprint density at radius 3 is 2.52 bits per heavy atom. The van der Waals surface area contributed by atoms with Crippen molar-refractivity contribution < 1.29 is 14.6 Å². The fraction of sp³-hybridized carbons (Fsp3) is 0.375. The molecule has 0 fully saturated rings. The Morgan fingerprint density at radius 2 is 1.81 bits per heavy atom. The Morgan fingerprint density at radius 1 is 1.06 bits per heavy atom. The van der Waals surface area contributed by atoms with E-state index in [0.717, 1.165) is 26.1 Å². The number of rotatable bonds is 10. The third-order valence-electron chi connectivity index (χ3n) is 5.07. The lowest BCUT2D eigenvalue weighted by Crippen LogP contribution is -2.38. The molecule has 1 atom stereocenters. The number of aliphatic imine (C=N–C) groups is 1. The number of aromatic nitrogens is 1. The maximum absolute atomic E-state index is 10.6. The first kappa shape index (κ1) is 22.5. The molecule has 0 aliphatic carbocycles. The summed E-state index contributed by atoms with van der Waals surface area (Å²) >= 11 is 0. The molecule has 0 aliphatic rings. The molecule has 166 valence electrons. The average Bonchev–Trinajstić information content (AvgIpc) is 3.22. The normalized spacial score (nSPS) is 12.6. The summed E-state index contributed by atoms with van der Waals surface area (Å²) in [5.41, 5.74) is 1.95. The number of para-hydroxylation sites is 1. The van der Waals surface area contributed by atoms with Gasteiger partial charge in [0.05, 0.1) is 26.9 Å². The van der Waals surface area contributed by atoms with Gasteiger partial charge in [0, 0.05) is 37.4 Å².